The van der Waals surface area contributed by atoms with E-state index in [0.29, 0.717) is 0 Å². The fourth-order valence-corrected chi connectivity index (χ4v) is 1.14. The Hall–Kier alpha value is -1.48. The van der Waals surface area contributed by atoms with Crippen LogP contribution in [0, 0.1) is 0 Å². The Morgan fingerprint density at radius 2 is 1.43 bits per heavy atom. The molecule has 3 nitrogen and oxygen atoms in total. The Morgan fingerprint density at radius 1 is 0.929 bits per heavy atom. The lowest BCUT2D eigenvalue weighted by molar-refractivity contribution is 0.451. The monoisotopic (exact) mass is 193 g/mol. The van der Waals surface area contributed by atoms with Crippen molar-refractivity contribution in [1.29, 1.82) is 0 Å². The summed E-state index contributed by atoms with van der Waals surface area (Å²) in [6, 6.07) is 7.64. The minimum absolute atomic E-state index is 0. The lowest BCUT2D eigenvalue weighted by Crippen LogP contribution is -2.11. The van der Waals surface area contributed by atoms with Crippen LogP contribution in [-0.4, -0.2) is 0 Å². The van der Waals surface area contributed by atoms with Gasteiger partial charge in [0.25, 0.3) is 0 Å². The van der Waals surface area contributed by atoms with E-state index >= 15 is 0 Å². The molecule has 3 heteroatoms. The minimum atomic E-state index is 0. The first-order valence-electron chi connectivity index (χ1n) is 4.20. The second-order valence-electron chi connectivity index (χ2n) is 2.76. The van der Waals surface area contributed by atoms with Crippen LogP contribution in [0.1, 0.15) is 18.9 Å². The van der Waals surface area contributed by atoms with E-state index in [9.17, 15) is 0 Å². The summed E-state index contributed by atoms with van der Waals surface area (Å²) in [4.78, 5) is 0. The molecule has 2 aromatic heterocycles. The lowest BCUT2D eigenvalue weighted by atomic mass is 10.4. The highest BCUT2D eigenvalue weighted by Gasteiger charge is 1.96. The Morgan fingerprint density at radius 3 is 1.79 bits per heavy atom. The molecule has 14 heavy (non-hydrogen) atoms. The van der Waals surface area contributed by atoms with Gasteiger partial charge in [-0.25, -0.2) is 0 Å². The molecule has 0 aliphatic rings. The zero-order chi connectivity index (χ0) is 8.93. The first kappa shape index (κ1) is 10.6. The zero-order valence-electron chi connectivity index (χ0n) is 7.19. The van der Waals surface area contributed by atoms with Crippen LogP contribution in [0.15, 0.2) is 45.6 Å². The first-order chi connectivity index (χ1) is 6.45. The minimum Gasteiger partial charge on any atom is -0.468 e. The Labute approximate surface area is 83.7 Å². The molecular formula is C11H15NO2. The molecule has 1 N–H and O–H groups in total. The van der Waals surface area contributed by atoms with Crippen LogP contribution in [0.5, 0.6) is 0 Å². The van der Waals surface area contributed by atoms with Crippen molar-refractivity contribution in [3.63, 3.8) is 0 Å². The number of rotatable bonds is 4. The van der Waals surface area contributed by atoms with Crippen LogP contribution in [-0.2, 0) is 13.1 Å². The molecule has 0 saturated carbocycles. The average molecular weight is 193 g/mol. The number of nitrogens with one attached hydrogen (secondary N) is 1. The molecule has 2 rings (SSSR count). The molecule has 0 bridgehead atoms. The van der Waals surface area contributed by atoms with Gasteiger partial charge in [0.15, 0.2) is 0 Å². The van der Waals surface area contributed by atoms with Crippen LogP contribution in [0.25, 0.3) is 0 Å². The summed E-state index contributed by atoms with van der Waals surface area (Å²) in [5.74, 6) is 1.87. The number of hydrogen-bond acceptors (Lipinski definition) is 3. The van der Waals surface area contributed by atoms with Crippen LogP contribution in [0.3, 0.4) is 0 Å². The quantitative estimate of drug-likeness (QED) is 0.811. The summed E-state index contributed by atoms with van der Waals surface area (Å²) in [5.41, 5.74) is 0. The Balaban J connectivity index is 0.000000980. The maximum atomic E-state index is 5.16. The topological polar surface area (TPSA) is 38.3 Å². The molecule has 0 spiro atoms. The average Bonchev–Trinajstić information content (AvgIpc) is 2.75. The highest BCUT2D eigenvalue weighted by atomic mass is 16.3. The molecule has 0 aromatic carbocycles. The normalized spacial score (nSPS) is 9.71. The van der Waals surface area contributed by atoms with Gasteiger partial charge in [0, 0.05) is 0 Å². The van der Waals surface area contributed by atoms with Crippen molar-refractivity contribution in [2.75, 3.05) is 0 Å². The van der Waals surface area contributed by atoms with Crippen molar-refractivity contribution in [2.24, 2.45) is 0 Å². The first-order valence-corrected chi connectivity index (χ1v) is 4.20. The maximum absolute atomic E-state index is 5.16. The SMILES string of the molecule is C.c1coc(CNCc2ccco2)c1. The Bertz CT molecular complexity index is 290. The third kappa shape index (κ3) is 2.78. The summed E-state index contributed by atoms with van der Waals surface area (Å²) < 4.78 is 10.3. The molecular weight excluding hydrogens is 178 g/mol. The standard InChI is InChI=1S/C10H11NO2.CH4/c1-3-9(12-5-1)7-11-8-10-4-2-6-13-10;/h1-6,11H,7-8H2;1H4. The predicted molar refractivity (Wildman–Crippen MR) is 54.7 cm³/mol. The molecule has 0 unspecified atom stereocenters. The van der Waals surface area contributed by atoms with Crippen LogP contribution in [0.4, 0.5) is 0 Å². The van der Waals surface area contributed by atoms with E-state index in [2.05, 4.69) is 5.32 Å². The maximum Gasteiger partial charge on any atom is 0.117 e. The summed E-state index contributed by atoms with van der Waals surface area (Å²) in [5, 5.41) is 3.20. The largest absolute Gasteiger partial charge is 0.468 e. The third-order valence-electron chi connectivity index (χ3n) is 1.76. The highest BCUT2D eigenvalue weighted by Crippen LogP contribution is 2.01. The molecule has 0 atom stereocenters. The summed E-state index contributed by atoms with van der Waals surface area (Å²) >= 11 is 0. The van der Waals surface area contributed by atoms with Crippen LogP contribution in [0.2, 0.25) is 0 Å². The van der Waals surface area contributed by atoms with E-state index in [1.54, 1.807) is 12.5 Å². The van der Waals surface area contributed by atoms with Gasteiger partial charge in [-0.15, -0.1) is 0 Å². The van der Waals surface area contributed by atoms with Crippen molar-refractivity contribution in [3.05, 3.63) is 48.3 Å². The van der Waals surface area contributed by atoms with E-state index in [1.807, 2.05) is 24.3 Å². The van der Waals surface area contributed by atoms with Gasteiger partial charge < -0.3 is 14.2 Å². The molecule has 0 radical (unpaired) electrons. The van der Waals surface area contributed by atoms with Crippen molar-refractivity contribution < 1.29 is 8.83 Å². The fraction of sp³-hybridized carbons (Fsp3) is 0.273. The lowest BCUT2D eigenvalue weighted by Gasteiger charge is -1.98. The van der Waals surface area contributed by atoms with Gasteiger partial charge in [0.2, 0.25) is 0 Å². The smallest absolute Gasteiger partial charge is 0.117 e. The van der Waals surface area contributed by atoms with Gasteiger partial charge in [0.1, 0.15) is 11.5 Å². The molecule has 2 aromatic rings. The molecule has 0 aliphatic heterocycles. The van der Waals surface area contributed by atoms with Crippen molar-refractivity contribution in [3.8, 4) is 0 Å². The van der Waals surface area contributed by atoms with Crippen LogP contribution >= 0.6 is 0 Å². The Kier molecular flexibility index (Phi) is 4.01. The summed E-state index contributed by atoms with van der Waals surface area (Å²) in [7, 11) is 0. The molecule has 76 valence electrons. The van der Waals surface area contributed by atoms with Crippen LogP contribution < -0.4 is 5.32 Å². The van der Waals surface area contributed by atoms with E-state index in [-0.39, 0.29) is 7.43 Å². The van der Waals surface area contributed by atoms with Gasteiger partial charge in [-0.1, -0.05) is 7.43 Å². The summed E-state index contributed by atoms with van der Waals surface area (Å²) in [6.45, 7) is 1.46. The van der Waals surface area contributed by atoms with E-state index < -0.39 is 0 Å². The van der Waals surface area contributed by atoms with E-state index in [0.717, 1.165) is 24.6 Å². The van der Waals surface area contributed by atoms with Crippen molar-refractivity contribution in [1.82, 2.24) is 5.32 Å². The van der Waals surface area contributed by atoms with E-state index in [1.165, 1.54) is 0 Å². The zero-order valence-corrected chi connectivity index (χ0v) is 7.19. The number of furan rings is 2. The highest BCUT2D eigenvalue weighted by molar-refractivity contribution is 5.00. The van der Waals surface area contributed by atoms with Crippen molar-refractivity contribution >= 4 is 0 Å². The van der Waals surface area contributed by atoms with E-state index in [4.69, 9.17) is 8.83 Å². The fourth-order valence-electron chi connectivity index (χ4n) is 1.14. The van der Waals surface area contributed by atoms with Gasteiger partial charge in [-0.05, 0) is 24.3 Å². The third-order valence-corrected chi connectivity index (χ3v) is 1.76. The van der Waals surface area contributed by atoms with Gasteiger partial charge in [-0.2, -0.15) is 0 Å². The van der Waals surface area contributed by atoms with Gasteiger partial charge in [0.05, 0.1) is 25.6 Å². The molecule has 0 aliphatic carbocycles. The molecule has 0 saturated heterocycles. The van der Waals surface area contributed by atoms with Gasteiger partial charge >= 0.3 is 0 Å². The molecule has 0 amide bonds. The summed E-state index contributed by atoms with van der Waals surface area (Å²) in [6.07, 6.45) is 3.34. The number of hydrogen-bond donors (Lipinski definition) is 1. The molecule has 0 fully saturated rings. The molecule has 2 heterocycles. The van der Waals surface area contributed by atoms with Gasteiger partial charge in [-0.3, -0.25) is 0 Å². The second kappa shape index (κ2) is 5.29. The predicted octanol–water partition coefficient (Wildman–Crippen LogP) is 2.80. The second-order valence-corrected chi connectivity index (χ2v) is 2.76. The van der Waals surface area contributed by atoms with Crippen molar-refractivity contribution in [2.45, 2.75) is 20.5 Å².